The number of rotatable bonds is 7. The van der Waals surface area contributed by atoms with Crippen molar-refractivity contribution in [3.63, 3.8) is 0 Å². The van der Waals surface area contributed by atoms with Gasteiger partial charge in [-0.25, -0.2) is 8.42 Å². The van der Waals surface area contributed by atoms with Crippen molar-refractivity contribution in [2.75, 3.05) is 32.6 Å². The van der Waals surface area contributed by atoms with Crippen LogP contribution in [0.25, 0.3) is 0 Å². The van der Waals surface area contributed by atoms with Crippen LogP contribution in [0.1, 0.15) is 25.3 Å². The molecule has 7 nitrogen and oxygen atoms in total. The lowest BCUT2D eigenvalue weighted by molar-refractivity contribution is -0.120. The van der Waals surface area contributed by atoms with Crippen LogP contribution in [0.4, 0.5) is 5.69 Å². The van der Waals surface area contributed by atoms with Gasteiger partial charge >= 0.3 is 0 Å². The maximum absolute atomic E-state index is 13.3. The number of sulfonamides is 1. The lowest BCUT2D eigenvalue weighted by atomic mass is 9.98. The molecule has 1 fully saturated rings. The SMILES string of the molecule is CCc1ccccc1NC(=O)[C@@H]1CCCN(S(=O)(=O)c2cc(OC)ccc2OC)C1. The second kappa shape index (κ2) is 9.49. The highest BCUT2D eigenvalue weighted by Crippen LogP contribution is 2.33. The van der Waals surface area contributed by atoms with Gasteiger partial charge < -0.3 is 14.8 Å². The maximum atomic E-state index is 13.3. The Bertz CT molecular complexity index is 1010. The van der Waals surface area contributed by atoms with Crippen molar-refractivity contribution >= 4 is 21.6 Å². The Labute approximate surface area is 178 Å². The third-order valence-corrected chi connectivity index (χ3v) is 7.29. The Kier molecular flexibility index (Phi) is 6.99. The molecule has 1 aliphatic rings. The van der Waals surface area contributed by atoms with E-state index in [0.29, 0.717) is 25.1 Å². The van der Waals surface area contributed by atoms with E-state index in [1.54, 1.807) is 12.1 Å². The molecule has 0 radical (unpaired) electrons. The van der Waals surface area contributed by atoms with Crippen molar-refractivity contribution in [3.05, 3.63) is 48.0 Å². The van der Waals surface area contributed by atoms with Crippen LogP contribution >= 0.6 is 0 Å². The first-order valence-electron chi connectivity index (χ1n) is 10.0. The van der Waals surface area contributed by atoms with Gasteiger partial charge in [-0.3, -0.25) is 4.79 Å². The van der Waals surface area contributed by atoms with Gasteiger partial charge in [0.15, 0.2) is 0 Å². The number of nitrogens with zero attached hydrogens (tertiary/aromatic N) is 1. The number of carbonyl (C=O) groups excluding carboxylic acids is 1. The Hall–Kier alpha value is -2.58. The van der Waals surface area contributed by atoms with E-state index in [-0.39, 0.29) is 23.1 Å². The molecule has 1 saturated heterocycles. The highest BCUT2D eigenvalue weighted by atomic mass is 32.2. The smallest absolute Gasteiger partial charge is 0.246 e. The molecule has 0 aromatic heterocycles. The first kappa shape index (κ1) is 22.1. The second-order valence-electron chi connectivity index (χ2n) is 7.22. The van der Waals surface area contributed by atoms with Crippen molar-refractivity contribution < 1.29 is 22.7 Å². The monoisotopic (exact) mass is 432 g/mol. The summed E-state index contributed by atoms with van der Waals surface area (Å²) < 4.78 is 38.4. The van der Waals surface area contributed by atoms with E-state index in [1.165, 1.54) is 24.6 Å². The fourth-order valence-corrected chi connectivity index (χ4v) is 5.38. The normalized spacial score (nSPS) is 17.4. The molecule has 1 N–H and O–H groups in total. The molecule has 3 rings (SSSR count). The lowest BCUT2D eigenvalue weighted by Gasteiger charge is -2.31. The summed E-state index contributed by atoms with van der Waals surface area (Å²) in [7, 11) is -0.932. The first-order chi connectivity index (χ1) is 14.4. The quantitative estimate of drug-likeness (QED) is 0.726. The second-order valence-corrected chi connectivity index (χ2v) is 9.13. The van der Waals surface area contributed by atoms with Crippen LogP contribution in [0.3, 0.4) is 0 Å². The summed E-state index contributed by atoms with van der Waals surface area (Å²) in [5.41, 5.74) is 1.83. The molecule has 1 heterocycles. The number of hydrogen-bond donors (Lipinski definition) is 1. The summed E-state index contributed by atoms with van der Waals surface area (Å²) in [5, 5.41) is 2.98. The van der Waals surface area contributed by atoms with Crippen LogP contribution in [-0.4, -0.2) is 45.9 Å². The van der Waals surface area contributed by atoms with E-state index in [0.717, 1.165) is 17.7 Å². The Morgan fingerprint density at radius 2 is 1.93 bits per heavy atom. The summed E-state index contributed by atoms with van der Waals surface area (Å²) in [4.78, 5) is 12.9. The number of carbonyl (C=O) groups is 1. The van der Waals surface area contributed by atoms with Crippen molar-refractivity contribution in [2.24, 2.45) is 5.92 Å². The minimum atomic E-state index is -3.84. The summed E-state index contributed by atoms with van der Waals surface area (Å²) in [6, 6.07) is 12.3. The molecular weight excluding hydrogens is 404 g/mol. The molecule has 0 spiro atoms. The largest absolute Gasteiger partial charge is 0.497 e. The van der Waals surface area contributed by atoms with Gasteiger partial charge in [-0.05, 0) is 43.0 Å². The average molecular weight is 433 g/mol. The van der Waals surface area contributed by atoms with Crippen molar-refractivity contribution in [2.45, 2.75) is 31.1 Å². The first-order valence-corrected chi connectivity index (χ1v) is 11.5. The van der Waals surface area contributed by atoms with Crippen LogP contribution in [0, 0.1) is 5.92 Å². The number of piperidine rings is 1. The topological polar surface area (TPSA) is 84.9 Å². The summed E-state index contributed by atoms with van der Waals surface area (Å²) in [6.45, 7) is 2.52. The van der Waals surface area contributed by atoms with Crippen LogP contribution in [-0.2, 0) is 21.2 Å². The zero-order valence-corrected chi connectivity index (χ0v) is 18.4. The van der Waals surface area contributed by atoms with E-state index >= 15 is 0 Å². The van der Waals surface area contributed by atoms with Gasteiger partial charge in [-0.15, -0.1) is 0 Å². The van der Waals surface area contributed by atoms with Gasteiger partial charge in [0, 0.05) is 24.8 Å². The number of aryl methyl sites for hydroxylation is 1. The summed E-state index contributed by atoms with van der Waals surface area (Å²) in [6.07, 6.45) is 2.05. The summed E-state index contributed by atoms with van der Waals surface area (Å²) >= 11 is 0. The molecule has 1 atom stereocenters. The fourth-order valence-electron chi connectivity index (χ4n) is 3.68. The van der Waals surface area contributed by atoms with Crippen molar-refractivity contribution in [1.82, 2.24) is 4.31 Å². The van der Waals surface area contributed by atoms with E-state index in [1.807, 2.05) is 31.2 Å². The van der Waals surface area contributed by atoms with Gasteiger partial charge in [0.2, 0.25) is 15.9 Å². The molecule has 162 valence electrons. The third-order valence-electron chi connectivity index (χ3n) is 5.40. The standard InChI is InChI=1S/C22H28N2O5S/c1-4-16-8-5-6-10-19(16)23-22(25)17-9-7-13-24(15-17)30(26,27)21-14-18(28-2)11-12-20(21)29-3/h5-6,8,10-12,14,17H,4,7,9,13,15H2,1-3H3,(H,23,25)/t17-/m1/s1. The molecule has 0 unspecified atom stereocenters. The third kappa shape index (κ3) is 4.60. The predicted molar refractivity (Wildman–Crippen MR) is 115 cm³/mol. The Morgan fingerprint density at radius 1 is 1.17 bits per heavy atom. The molecular formula is C22H28N2O5S. The molecule has 0 bridgehead atoms. The highest BCUT2D eigenvalue weighted by Gasteiger charge is 2.35. The van der Waals surface area contributed by atoms with E-state index in [4.69, 9.17) is 9.47 Å². The number of methoxy groups -OCH3 is 2. The number of nitrogens with one attached hydrogen (secondary N) is 1. The molecule has 2 aromatic rings. The van der Waals surface area contributed by atoms with E-state index < -0.39 is 15.9 Å². The van der Waals surface area contributed by atoms with Gasteiger partial charge in [0.25, 0.3) is 0 Å². The van der Waals surface area contributed by atoms with Crippen LogP contribution in [0.2, 0.25) is 0 Å². The number of hydrogen-bond acceptors (Lipinski definition) is 5. The van der Waals surface area contributed by atoms with Crippen molar-refractivity contribution in [1.29, 1.82) is 0 Å². The Morgan fingerprint density at radius 3 is 2.63 bits per heavy atom. The average Bonchev–Trinajstić information content (AvgIpc) is 2.79. The number of anilines is 1. The van der Waals surface area contributed by atoms with Gasteiger partial charge in [0.05, 0.1) is 20.1 Å². The molecule has 1 aliphatic heterocycles. The van der Waals surface area contributed by atoms with Gasteiger partial charge in [-0.2, -0.15) is 4.31 Å². The minimum absolute atomic E-state index is 0.0433. The highest BCUT2D eigenvalue weighted by molar-refractivity contribution is 7.89. The number of para-hydroxylation sites is 1. The zero-order chi connectivity index (χ0) is 21.7. The molecule has 0 saturated carbocycles. The molecule has 30 heavy (non-hydrogen) atoms. The number of benzene rings is 2. The predicted octanol–water partition coefficient (Wildman–Crippen LogP) is 3.31. The molecule has 1 amide bonds. The number of amides is 1. The lowest BCUT2D eigenvalue weighted by Crippen LogP contribution is -2.43. The number of ether oxygens (including phenoxy) is 2. The van der Waals surface area contributed by atoms with Crippen molar-refractivity contribution in [3.8, 4) is 11.5 Å². The summed E-state index contributed by atoms with van der Waals surface area (Å²) in [5.74, 6) is 0.0968. The fraction of sp³-hybridized carbons (Fsp3) is 0.409. The zero-order valence-electron chi connectivity index (χ0n) is 17.6. The van der Waals surface area contributed by atoms with E-state index in [9.17, 15) is 13.2 Å². The van der Waals surface area contributed by atoms with Crippen LogP contribution < -0.4 is 14.8 Å². The Balaban J connectivity index is 1.81. The van der Waals surface area contributed by atoms with Crippen LogP contribution in [0.15, 0.2) is 47.4 Å². The molecule has 0 aliphatic carbocycles. The van der Waals surface area contributed by atoms with Gasteiger partial charge in [-0.1, -0.05) is 25.1 Å². The van der Waals surface area contributed by atoms with Crippen LogP contribution in [0.5, 0.6) is 11.5 Å². The minimum Gasteiger partial charge on any atom is -0.497 e. The van der Waals surface area contributed by atoms with Gasteiger partial charge in [0.1, 0.15) is 16.4 Å². The maximum Gasteiger partial charge on any atom is 0.246 e. The molecule has 2 aromatic carbocycles. The molecule has 8 heteroatoms. The van der Waals surface area contributed by atoms with E-state index in [2.05, 4.69) is 5.32 Å².